The Morgan fingerprint density at radius 1 is 1.15 bits per heavy atom. The number of ether oxygens (including phenoxy) is 2. The highest BCUT2D eigenvalue weighted by atomic mass is 35.5. The van der Waals surface area contributed by atoms with E-state index in [1.165, 1.54) is 23.0 Å². The van der Waals surface area contributed by atoms with Crippen LogP contribution in [0.15, 0.2) is 54.2 Å². The Bertz CT molecular complexity index is 1720. The Labute approximate surface area is 237 Å². The van der Waals surface area contributed by atoms with Crippen molar-refractivity contribution >= 4 is 51.7 Å². The quantitative estimate of drug-likeness (QED) is 0.209. The van der Waals surface area contributed by atoms with E-state index in [0.717, 1.165) is 18.4 Å². The van der Waals surface area contributed by atoms with Crippen molar-refractivity contribution in [3.8, 4) is 23.0 Å². The van der Waals surface area contributed by atoms with Crippen LogP contribution < -0.4 is 9.47 Å². The molecule has 0 bridgehead atoms. The second kappa shape index (κ2) is 10.1. The van der Waals surface area contributed by atoms with E-state index < -0.39 is 5.97 Å². The van der Waals surface area contributed by atoms with Gasteiger partial charge in [-0.3, -0.25) is 0 Å². The molecule has 1 fully saturated rings. The summed E-state index contributed by atoms with van der Waals surface area (Å²) in [4.78, 5) is 29.0. The number of halogens is 2. The molecule has 1 aliphatic carbocycles. The molecule has 5 aromatic rings. The second-order valence-corrected chi connectivity index (χ2v) is 11.2. The summed E-state index contributed by atoms with van der Waals surface area (Å²) in [5.41, 5.74) is 2.57. The zero-order chi connectivity index (χ0) is 27.1. The van der Waals surface area contributed by atoms with Gasteiger partial charge in [0.25, 0.3) is 0 Å². The second-order valence-electron chi connectivity index (χ2n) is 9.42. The molecule has 0 radical (unpaired) electrons. The number of benzene rings is 2. The predicted molar refractivity (Wildman–Crippen MR) is 148 cm³/mol. The van der Waals surface area contributed by atoms with Crippen molar-refractivity contribution in [1.82, 2.24) is 24.5 Å². The Morgan fingerprint density at radius 3 is 2.72 bits per heavy atom. The number of thiazole rings is 1. The number of fused-ring (bicyclic) bond motifs is 1. The number of carboxylic acids is 1. The first-order valence-electron chi connectivity index (χ1n) is 12.0. The first kappa shape index (κ1) is 25.5. The highest BCUT2D eigenvalue weighted by Crippen LogP contribution is 2.41. The van der Waals surface area contributed by atoms with E-state index in [-0.39, 0.29) is 17.9 Å². The summed E-state index contributed by atoms with van der Waals surface area (Å²) in [7, 11) is 0. The van der Waals surface area contributed by atoms with E-state index in [0.29, 0.717) is 55.8 Å². The number of carbonyl (C=O) groups is 1. The maximum absolute atomic E-state index is 11.1. The van der Waals surface area contributed by atoms with Crippen LogP contribution in [0.1, 0.15) is 40.8 Å². The molecular weight excluding hydrogens is 561 g/mol. The van der Waals surface area contributed by atoms with Crippen molar-refractivity contribution in [3.63, 3.8) is 0 Å². The molecule has 0 amide bonds. The molecule has 1 saturated carbocycles. The zero-order valence-corrected chi connectivity index (χ0v) is 22.9. The molecule has 0 spiro atoms. The van der Waals surface area contributed by atoms with Crippen molar-refractivity contribution in [2.45, 2.75) is 38.5 Å². The van der Waals surface area contributed by atoms with Crippen LogP contribution in [0.4, 0.5) is 0 Å². The van der Waals surface area contributed by atoms with Gasteiger partial charge in [0, 0.05) is 16.0 Å². The number of aromatic nitrogens is 5. The van der Waals surface area contributed by atoms with Crippen LogP contribution in [0.25, 0.3) is 22.6 Å². The first-order valence-corrected chi connectivity index (χ1v) is 13.7. The summed E-state index contributed by atoms with van der Waals surface area (Å²) in [5, 5.41) is 12.2. The molecule has 0 saturated heterocycles. The average molecular weight is 582 g/mol. The van der Waals surface area contributed by atoms with Crippen LogP contribution in [0, 0.1) is 0 Å². The number of imidazole rings is 1. The van der Waals surface area contributed by atoms with Gasteiger partial charge in [0.05, 0.1) is 11.6 Å². The van der Waals surface area contributed by atoms with Gasteiger partial charge in [-0.2, -0.15) is 4.98 Å². The van der Waals surface area contributed by atoms with Gasteiger partial charge >= 0.3 is 5.97 Å². The summed E-state index contributed by atoms with van der Waals surface area (Å²) in [6.45, 7) is 2.62. The first-order chi connectivity index (χ1) is 18.8. The summed E-state index contributed by atoms with van der Waals surface area (Å²) in [6.07, 6.45) is 3.40. The molecular formula is C27H21Cl2N5O4S. The third-order valence-corrected chi connectivity index (χ3v) is 7.71. The lowest BCUT2D eigenvalue weighted by Crippen LogP contribution is -2.13. The lowest BCUT2D eigenvalue weighted by Gasteiger charge is -2.12. The molecule has 1 N–H and O–H groups in total. The van der Waals surface area contributed by atoms with E-state index in [9.17, 15) is 4.79 Å². The zero-order valence-electron chi connectivity index (χ0n) is 20.6. The SMILES string of the molecule is CC1(Oc2ncnc3c2nc(-c2ccc(OCc4nc(C(=O)O)cs4)cc2Cl)n3Cc2cccc(Cl)c2)CC1. The van der Waals surface area contributed by atoms with Gasteiger partial charge in [-0.15, -0.1) is 11.3 Å². The van der Waals surface area contributed by atoms with Crippen LogP contribution in [-0.2, 0) is 13.2 Å². The molecule has 0 unspecified atom stereocenters. The summed E-state index contributed by atoms with van der Waals surface area (Å²) < 4.78 is 14.0. The topological polar surface area (TPSA) is 112 Å². The third kappa shape index (κ3) is 5.40. The van der Waals surface area contributed by atoms with E-state index >= 15 is 0 Å². The van der Waals surface area contributed by atoms with Gasteiger partial charge in [-0.25, -0.2) is 19.7 Å². The Balaban J connectivity index is 1.36. The number of nitrogens with zero attached hydrogens (tertiary/aromatic N) is 5. The smallest absolute Gasteiger partial charge is 0.355 e. The standard InChI is InChI=1S/C27H21Cl2N5O4S/c1-27(7-8-27)38-25-22-24(30-14-31-25)34(11-15-3-2-4-16(28)9-15)23(33-22)18-6-5-17(10-19(18)29)37-12-21-32-20(13-39-21)26(35)36/h2-6,9-10,13-14H,7-8,11-12H2,1H3,(H,35,36). The van der Waals surface area contributed by atoms with Gasteiger partial charge < -0.3 is 19.1 Å². The van der Waals surface area contributed by atoms with Crippen LogP contribution in [0.5, 0.6) is 11.6 Å². The van der Waals surface area contributed by atoms with Crippen molar-refractivity contribution in [3.05, 3.63) is 80.5 Å². The van der Waals surface area contributed by atoms with Crippen LogP contribution in [0.3, 0.4) is 0 Å². The largest absolute Gasteiger partial charge is 0.486 e. The van der Waals surface area contributed by atoms with E-state index in [1.54, 1.807) is 12.1 Å². The fourth-order valence-corrected chi connectivity index (χ4v) is 5.21. The molecule has 9 nitrogen and oxygen atoms in total. The maximum Gasteiger partial charge on any atom is 0.355 e. The predicted octanol–water partition coefficient (Wildman–Crippen LogP) is 6.51. The van der Waals surface area contributed by atoms with Crippen molar-refractivity contribution in [1.29, 1.82) is 0 Å². The number of hydrogen-bond donors (Lipinski definition) is 1. The Hall–Kier alpha value is -3.73. The number of rotatable bonds is 9. The van der Waals surface area contributed by atoms with Crippen LogP contribution in [0.2, 0.25) is 10.0 Å². The van der Waals surface area contributed by atoms with Crippen molar-refractivity contribution in [2.75, 3.05) is 0 Å². The van der Waals surface area contributed by atoms with E-state index in [1.807, 2.05) is 34.9 Å². The number of carboxylic acid groups (broad SMARTS) is 1. The summed E-state index contributed by atoms with van der Waals surface area (Å²) in [6, 6.07) is 12.9. The number of hydrogen-bond acceptors (Lipinski definition) is 8. The molecule has 198 valence electrons. The Morgan fingerprint density at radius 2 is 2.00 bits per heavy atom. The minimum absolute atomic E-state index is 0.00675. The highest BCUT2D eigenvalue weighted by Gasteiger charge is 2.41. The molecule has 0 atom stereocenters. The van der Waals surface area contributed by atoms with Gasteiger partial charge in [-0.05, 0) is 55.7 Å². The molecule has 0 aliphatic heterocycles. The molecule has 1 aliphatic rings. The van der Waals surface area contributed by atoms with E-state index in [4.69, 9.17) is 42.8 Å². The maximum atomic E-state index is 11.1. The normalized spacial score (nSPS) is 13.9. The van der Waals surface area contributed by atoms with Crippen LogP contribution in [-0.4, -0.2) is 41.2 Å². The number of aromatic carboxylic acids is 1. The fraction of sp³-hybridized carbons (Fsp3) is 0.222. The summed E-state index contributed by atoms with van der Waals surface area (Å²) >= 11 is 14.2. The summed E-state index contributed by atoms with van der Waals surface area (Å²) in [5.74, 6) is 0.471. The molecule has 3 aromatic heterocycles. The minimum Gasteiger partial charge on any atom is -0.486 e. The molecule has 6 rings (SSSR count). The fourth-order valence-electron chi connectivity index (χ4n) is 4.06. The third-order valence-electron chi connectivity index (χ3n) is 6.34. The molecule has 3 heterocycles. The van der Waals surface area contributed by atoms with Gasteiger partial charge in [0.15, 0.2) is 16.9 Å². The van der Waals surface area contributed by atoms with Crippen molar-refractivity contribution < 1.29 is 19.4 Å². The Kier molecular flexibility index (Phi) is 6.62. The van der Waals surface area contributed by atoms with Crippen LogP contribution >= 0.6 is 34.5 Å². The van der Waals surface area contributed by atoms with E-state index in [2.05, 4.69) is 21.9 Å². The minimum atomic E-state index is -1.07. The van der Waals surface area contributed by atoms with Gasteiger partial charge in [0.1, 0.15) is 35.1 Å². The average Bonchev–Trinajstić information content (AvgIpc) is 3.29. The van der Waals surface area contributed by atoms with Crippen molar-refractivity contribution in [2.24, 2.45) is 0 Å². The monoisotopic (exact) mass is 581 g/mol. The highest BCUT2D eigenvalue weighted by molar-refractivity contribution is 7.09. The molecule has 39 heavy (non-hydrogen) atoms. The lowest BCUT2D eigenvalue weighted by molar-refractivity contribution is 0.0691. The lowest BCUT2D eigenvalue weighted by atomic mass is 10.2. The molecule has 12 heteroatoms. The van der Waals surface area contributed by atoms with Gasteiger partial charge in [-0.1, -0.05) is 35.3 Å². The van der Waals surface area contributed by atoms with Gasteiger partial charge in [0.2, 0.25) is 5.88 Å². The molecule has 2 aromatic carbocycles.